The summed E-state index contributed by atoms with van der Waals surface area (Å²) in [6, 6.07) is 1.12. The fourth-order valence-electron chi connectivity index (χ4n) is 4.08. The lowest BCUT2D eigenvalue weighted by molar-refractivity contribution is 0.189. The molecule has 0 aliphatic heterocycles. The maximum Gasteiger partial charge on any atom is 0.321 e. The highest BCUT2D eigenvalue weighted by atomic mass is 32.1. The Hall–Kier alpha value is 0.487. The molecular weight excluding hydrogens is 416 g/mol. The Labute approximate surface area is 204 Å². The Morgan fingerprint density at radius 3 is 1.10 bits per heavy atom. The first-order valence-electron chi connectivity index (χ1n) is 14.2. The molecule has 0 amide bonds. The summed E-state index contributed by atoms with van der Waals surface area (Å²) in [5.74, 6) is 0.951. The highest BCUT2D eigenvalue weighted by Gasteiger charge is 2.12. The summed E-state index contributed by atoms with van der Waals surface area (Å²) in [4.78, 5) is 0. The van der Waals surface area contributed by atoms with Crippen LogP contribution in [0.15, 0.2) is 0 Å². The number of thiol groups is 1. The molecule has 0 spiro atoms. The second-order valence-electron chi connectivity index (χ2n) is 9.40. The summed E-state index contributed by atoms with van der Waals surface area (Å²) in [5, 5.41) is 0. The van der Waals surface area contributed by atoms with Gasteiger partial charge in [-0.3, -0.25) is 0 Å². The topological polar surface area (TPSA) is 18.5 Å². The zero-order valence-electron chi connectivity index (χ0n) is 21.5. The molecule has 31 heavy (non-hydrogen) atoms. The minimum absolute atomic E-state index is 0.915. The van der Waals surface area contributed by atoms with Crippen molar-refractivity contribution in [2.75, 3.05) is 19.0 Å². The predicted molar refractivity (Wildman–Crippen MR) is 146 cm³/mol. The second kappa shape index (κ2) is 28.5. The molecule has 0 radical (unpaired) electrons. The van der Waals surface area contributed by atoms with Gasteiger partial charge in [0.25, 0.3) is 0 Å². The first kappa shape index (κ1) is 31.5. The lowest BCUT2D eigenvalue weighted by atomic mass is 10.1. The normalized spacial score (nSPS) is 11.6. The van der Waals surface area contributed by atoms with E-state index in [-0.39, 0.29) is 0 Å². The second-order valence-corrected chi connectivity index (χ2v) is 12.0. The van der Waals surface area contributed by atoms with E-state index in [1.165, 1.54) is 128 Å². The summed E-state index contributed by atoms with van der Waals surface area (Å²) in [6.07, 6.45) is 28.7. The van der Waals surface area contributed by atoms with Crippen LogP contribution < -0.4 is 0 Å². The third kappa shape index (κ3) is 26.6. The van der Waals surface area contributed by atoms with Gasteiger partial charge in [-0.15, -0.1) is 0 Å². The molecule has 0 aromatic heterocycles. The molecule has 2 nitrogen and oxygen atoms in total. The molecular formula is C27H58O2SSi. The van der Waals surface area contributed by atoms with Crippen LogP contribution in [0, 0.1) is 0 Å². The largest absolute Gasteiger partial charge is 0.397 e. The maximum atomic E-state index is 6.19. The molecule has 0 saturated carbocycles. The Morgan fingerprint density at radius 1 is 0.452 bits per heavy atom. The number of unbranched alkanes of at least 4 members (excludes halogenated alkanes) is 18. The Kier molecular flexibility index (Phi) is 29.0. The lowest BCUT2D eigenvalue weighted by Crippen LogP contribution is -2.24. The van der Waals surface area contributed by atoms with Gasteiger partial charge >= 0.3 is 9.28 Å². The molecule has 0 fully saturated rings. The minimum Gasteiger partial charge on any atom is -0.397 e. The molecule has 0 rings (SSSR count). The highest BCUT2D eigenvalue weighted by molar-refractivity contribution is 7.80. The monoisotopic (exact) mass is 474 g/mol. The van der Waals surface area contributed by atoms with Crippen molar-refractivity contribution in [2.24, 2.45) is 0 Å². The third-order valence-electron chi connectivity index (χ3n) is 6.20. The summed E-state index contributed by atoms with van der Waals surface area (Å²) in [6.45, 7) is 6.41. The van der Waals surface area contributed by atoms with Crippen LogP contribution in [0.4, 0.5) is 0 Å². The average molecular weight is 475 g/mol. The Morgan fingerprint density at radius 2 is 0.774 bits per heavy atom. The summed E-state index contributed by atoms with van der Waals surface area (Å²) >= 11 is 4.37. The molecule has 0 aliphatic rings. The van der Waals surface area contributed by atoms with Gasteiger partial charge in [0, 0.05) is 13.2 Å². The van der Waals surface area contributed by atoms with Crippen LogP contribution in [0.1, 0.15) is 149 Å². The quantitative estimate of drug-likeness (QED) is 0.0726. The van der Waals surface area contributed by atoms with Crippen molar-refractivity contribution < 1.29 is 8.85 Å². The fraction of sp³-hybridized carbons (Fsp3) is 1.00. The fourth-order valence-corrected chi connectivity index (χ4v) is 6.43. The SMILES string of the molecule is CCCCCCCCCCCCO[SiH](CCCS)OCCCCCCCCCCCC. The number of hydrogen-bond donors (Lipinski definition) is 1. The van der Waals surface area contributed by atoms with E-state index in [0.717, 1.165) is 31.4 Å². The van der Waals surface area contributed by atoms with Gasteiger partial charge in [0.1, 0.15) is 0 Å². The van der Waals surface area contributed by atoms with Gasteiger partial charge < -0.3 is 8.85 Å². The standard InChI is InChI=1S/C27H58O2SSi/c1-3-5-7-9-11-13-15-17-19-21-24-28-31(27-23-26-30)29-25-22-20-18-16-14-12-10-8-6-4-2/h30-31H,3-27H2,1-2H3. The van der Waals surface area contributed by atoms with E-state index in [9.17, 15) is 0 Å². The van der Waals surface area contributed by atoms with Crippen LogP contribution in [0.3, 0.4) is 0 Å². The lowest BCUT2D eigenvalue weighted by Gasteiger charge is -2.16. The van der Waals surface area contributed by atoms with Crippen LogP contribution in [-0.4, -0.2) is 28.3 Å². The van der Waals surface area contributed by atoms with Crippen LogP contribution in [0.25, 0.3) is 0 Å². The summed E-state index contributed by atoms with van der Waals surface area (Å²) in [5.41, 5.74) is 0. The van der Waals surface area contributed by atoms with Crippen molar-refractivity contribution in [3.8, 4) is 0 Å². The van der Waals surface area contributed by atoms with Crippen molar-refractivity contribution in [1.29, 1.82) is 0 Å². The van der Waals surface area contributed by atoms with Gasteiger partial charge in [-0.1, -0.05) is 129 Å². The smallest absolute Gasteiger partial charge is 0.321 e. The van der Waals surface area contributed by atoms with Gasteiger partial charge in [0.2, 0.25) is 0 Å². The van der Waals surface area contributed by atoms with Gasteiger partial charge in [-0.05, 0) is 31.1 Å². The van der Waals surface area contributed by atoms with Crippen molar-refractivity contribution in [1.82, 2.24) is 0 Å². The van der Waals surface area contributed by atoms with E-state index in [2.05, 4.69) is 26.5 Å². The van der Waals surface area contributed by atoms with Crippen molar-refractivity contribution >= 4 is 21.9 Å². The predicted octanol–water partition coefficient (Wildman–Crippen LogP) is 9.40. The zero-order valence-corrected chi connectivity index (χ0v) is 23.6. The molecule has 0 bridgehead atoms. The minimum atomic E-state index is -1.46. The van der Waals surface area contributed by atoms with Gasteiger partial charge in [-0.2, -0.15) is 12.6 Å². The number of hydrogen-bond acceptors (Lipinski definition) is 3. The average Bonchev–Trinajstić information content (AvgIpc) is 2.78. The van der Waals surface area contributed by atoms with Gasteiger partial charge in [0.05, 0.1) is 0 Å². The first-order valence-corrected chi connectivity index (χ1v) is 16.6. The van der Waals surface area contributed by atoms with Crippen LogP contribution in [0.2, 0.25) is 6.04 Å². The molecule has 0 aliphatic carbocycles. The molecule has 0 heterocycles. The number of rotatable bonds is 27. The third-order valence-corrected chi connectivity index (χ3v) is 8.61. The van der Waals surface area contributed by atoms with Crippen LogP contribution in [0.5, 0.6) is 0 Å². The van der Waals surface area contributed by atoms with E-state index in [1.54, 1.807) is 0 Å². The molecule has 188 valence electrons. The molecule has 4 heteroatoms. The Balaban J connectivity index is 3.50. The van der Waals surface area contributed by atoms with E-state index >= 15 is 0 Å². The highest BCUT2D eigenvalue weighted by Crippen LogP contribution is 2.13. The first-order chi connectivity index (χ1) is 15.3. The van der Waals surface area contributed by atoms with Gasteiger partial charge in [-0.25, -0.2) is 0 Å². The maximum absolute atomic E-state index is 6.19. The zero-order chi connectivity index (χ0) is 22.7. The van der Waals surface area contributed by atoms with E-state index in [1.807, 2.05) is 0 Å². The molecule has 0 aromatic carbocycles. The molecule has 0 unspecified atom stereocenters. The van der Waals surface area contributed by atoms with E-state index < -0.39 is 9.28 Å². The van der Waals surface area contributed by atoms with Gasteiger partial charge in [0.15, 0.2) is 0 Å². The molecule has 0 saturated heterocycles. The van der Waals surface area contributed by atoms with E-state index in [4.69, 9.17) is 8.85 Å². The van der Waals surface area contributed by atoms with Crippen LogP contribution in [-0.2, 0) is 8.85 Å². The van der Waals surface area contributed by atoms with Crippen molar-refractivity contribution in [2.45, 2.75) is 155 Å². The summed E-state index contributed by atoms with van der Waals surface area (Å²) in [7, 11) is -1.46. The molecule has 0 aromatic rings. The summed E-state index contributed by atoms with van der Waals surface area (Å²) < 4.78 is 12.4. The van der Waals surface area contributed by atoms with E-state index in [0.29, 0.717) is 0 Å². The van der Waals surface area contributed by atoms with Crippen molar-refractivity contribution in [3.05, 3.63) is 0 Å². The molecule has 0 N–H and O–H groups in total. The Bertz CT molecular complexity index is 292. The van der Waals surface area contributed by atoms with Crippen LogP contribution >= 0.6 is 12.6 Å². The van der Waals surface area contributed by atoms with Crippen molar-refractivity contribution in [3.63, 3.8) is 0 Å². The molecule has 0 atom stereocenters.